The number of benzene rings is 2. The molecule has 0 saturated heterocycles. The lowest BCUT2D eigenvalue weighted by Gasteiger charge is -2.29. The fourth-order valence-electron chi connectivity index (χ4n) is 3.42. The lowest BCUT2D eigenvalue weighted by atomic mass is 10.1. The van der Waals surface area contributed by atoms with Gasteiger partial charge in [0.2, 0.25) is 0 Å². The van der Waals surface area contributed by atoms with Gasteiger partial charge in [-0.25, -0.2) is 4.79 Å². The van der Waals surface area contributed by atoms with Crippen molar-refractivity contribution >= 4 is 17.4 Å². The number of para-hydroxylation sites is 2. The molecule has 0 radical (unpaired) electrons. The molecule has 2 N–H and O–H groups in total. The predicted octanol–water partition coefficient (Wildman–Crippen LogP) is 4.21. The van der Waals surface area contributed by atoms with Crippen molar-refractivity contribution in [1.82, 2.24) is 5.32 Å². The molecular weight excluding hydrogens is 326 g/mol. The Morgan fingerprint density at radius 3 is 2.65 bits per heavy atom. The van der Waals surface area contributed by atoms with Gasteiger partial charge in [0.25, 0.3) is 0 Å². The second-order valence-corrected chi connectivity index (χ2v) is 6.30. The van der Waals surface area contributed by atoms with Gasteiger partial charge in [-0.1, -0.05) is 36.4 Å². The third-order valence-electron chi connectivity index (χ3n) is 4.66. The van der Waals surface area contributed by atoms with Gasteiger partial charge in [0, 0.05) is 24.5 Å². The van der Waals surface area contributed by atoms with Crippen molar-refractivity contribution in [2.45, 2.75) is 12.5 Å². The topological polar surface area (TPSA) is 57.5 Å². The van der Waals surface area contributed by atoms with Gasteiger partial charge in [-0.2, -0.15) is 0 Å². The van der Waals surface area contributed by atoms with E-state index in [0.29, 0.717) is 6.54 Å². The van der Waals surface area contributed by atoms with Crippen molar-refractivity contribution in [3.63, 3.8) is 0 Å². The zero-order valence-corrected chi connectivity index (χ0v) is 14.4. The molecule has 1 unspecified atom stereocenters. The highest BCUT2D eigenvalue weighted by atomic mass is 16.3. The Hall–Kier alpha value is -3.21. The summed E-state index contributed by atoms with van der Waals surface area (Å²) in [5.74, 6) is 0.849. The number of nitrogens with zero attached hydrogens (tertiary/aromatic N) is 1. The van der Waals surface area contributed by atoms with Crippen LogP contribution in [0.15, 0.2) is 77.4 Å². The van der Waals surface area contributed by atoms with Crippen molar-refractivity contribution < 1.29 is 9.21 Å². The normalized spacial score (nSPS) is 13.9. The first-order chi connectivity index (χ1) is 12.8. The molecule has 0 bridgehead atoms. The van der Waals surface area contributed by atoms with E-state index in [2.05, 4.69) is 33.7 Å². The standard InChI is InChI=1S/C21H21N3O2/c25-21(23-17-8-2-1-3-9-17)22-15-19(20-11-6-14-26-20)24-13-12-16-7-4-5-10-18(16)24/h1-11,14,19H,12-13,15H2,(H2,22,23,25). The highest BCUT2D eigenvalue weighted by molar-refractivity contribution is 5.89. The molecule has 26 heavy (non-hydrogen) atoms. The van der Waals surface area contributed by atoms with Gasteiger partial charge in [0.15, 0.2) is 0 Å². The van der Waals surface area contributed by atoms with Crippen molar-refractivity contribution in [3.05, 3.63) is 84.3 Å². The second-order valence-electron chi connectivity index (χ2n) is 6.30. The zero-order chi connectivity index (χ0) is 17.8. The van der Waals surface area contributed by atoms with Crippen LogP contribution in [-0.2, 0) is 6.42 Å². The lowest BCUT2D eigenvalue weighted by Crippen LogP contribution is -2.39. The summed E-state index contributed by atoms with van der Waals surface area (Å²) in [6, 6.07) is 21.4. The van der Waals surface area contributed by atoms with Crippen LogP contribution in [0.2, 0.25) is 0 Å². The molecule has 4 rings (SSSR count). The van der Waals surface area contributed by atoms with Gasteiger partial charge in [0.1, 0.15) is 11.8 Å². The molecule has 1 aliphatic rings. The van der Waals surface area contributed by atoms with Crippen LogP contribution in [0.4, 0.5) is 16.2 Å². The van der Waals surface area contributed by atoms with Crippen LogP contribution in [0.1, 0.15) is 17.4 Å². The Balaban J connectivity index is 1.48. The summed E-state index contributed by atoms with van der Waals surface area (Å²) in [5.41, 5.74) is 3.31. The Bertz CT molecular complexity index is 862. The fourth-order valence-corrected chi connectivity index (χ4v) is 3.42. The summed E-state index contributed by atoms with van der Waals surface area (Å²) in [6.07, 6.45) is 2.68. The number of carbonyl (C=O) groups is 1. The van der Waals surface area contributed by atoms with E-state index >= 15 is 0 Å². The maximum Gasteiger partial charge on any atom is 0.319 e. The summed E-state index contributed by atoms with van der Waals surface area (Å²) in [5, 5.41) is 5.83. The number of anilines is 2. The minimum Gasteiger partial charge on any atom is -0.467 e. The minimum absolute atomic E-state index is 0.0461. The molecule has 1 aromatic heterocycles. The van der Waals surface area contributed by atoms with E-state index in [1.54, 1.807) is 6.26 Å². The molecule has 2 heterocycles. The van der Waals surface area contributed by atoms with Crippen LogP contribution in [0, 0.1) is 0 Å². The third-order valence-corrected chi connectivity index (χ3v) is 4.66. The number of fused-ring (bicyclic) bond motifs is 1. The first-order valence-electron chi connectivity index (χ1n) is 8.79. The van der Waals surface area contributed by atoms with E-state index in [1.807, 2.05) is 48.5 Å². The lowest BCUT2D eigenvalue weighted by molar-refractivity contribution is 0.251. The van der Waals surface area contributed by atoms with Crippen LogP contribution in [-0.4, -0.2) is 19.1 Å². The molecule has 2 aromatic carbocycles. The van der Waals surface area contributed by atoms with Crippen LogP contribution >= 0.6 is 0 Å². The van der Waals surface area contributed by atoms with Gasteiger partial charge in [-0.05, 0) is 42.3 Å². The van der Waals surface area contributed by atoms with Crippen LogP contribution in [0.25, 0.3) is 0 Å². The van der Waals surface area contributed by atoms with Crippen molar-refractivity contribution in [2.75, 3.05) is 23.3 Å². The van der Waals surface area contributed by atoms with Gasteiger partial charge >= 0.3 is 6.03 Å². The number of amides is 2. The van der Waals surface area contributed by atoms with Gasteiger partial charge in [-0.3, -0.25) is 0 Å². The molecule has 0 fully saturated rings. The number of nitrogens with one attached hydrogen (secondary N) is 2. The van der Waals surface area contributed by atoms with E-state index in [1.165, 1.54) is 11.3 Å². The van der Waals surface area contributed by atoms with E-state index < -0.39 is 0 Å². The maximum atomic E-state index is 12.3. The largest absolute Gasteiger partial charge is 0.467 e. The SMILES string of the molecule is O=C(NCC(c1ccco1)N1CCc2ccccc21)Nc1ccccc1. The molecule has 0 saturated carbocycles. The molecule has 5 nitrogen and oxygen atoms in total. The summed E-state index contributed by atoms with van der Waals surface area (Å²) < 4.78 is 5.66. The monoisotopic (exact) mass is 347 g/mol. The molecule has 132 valence electrons. The van der Waals surface area contributed by atoms with Crippen molar-refractivity contribution in [1.29, 1.82) is 0 Å². The Morgan fingerprint density at radius 2 is 1.85 bits per heavy atom. The molecule has 1 atom stereocenters. The van der Waals surface area contributed by atoms with Crippen molar-refractivity contribution in [2.24, 2.45) is 0 Å². The smallest absolute Gasteiger partial charge is 0.319 e. The highest BCUT2D eigenvalue weighted by Crippen LogP contribution is 2.34. The fraction of sp³-hybridized carbons (Fsp3) is 0.190. The van der Waals surface area contributed by atoms with Gasteiger partial charge in [-0.15, -0.1) is 0 Å². The van der Waals surface area contributed by atoms with Gasteiger partial charge < -0.3 is 20.0 Å². The van der Waals surface area contributed by atoms with E-state index in [0.717, 1.165) is 24.4 Å². The summed E-state index contributed by atoms with van der Waals surface area (Å²) in [7, 11) is 0. The maximum absolute atomic E-state index is 12.3. The van der Waals surface area contributed by atoms with Crippen LogP contribution in [0.5, 0.6) is 0 Å². The first-order valence-corrected chi connectivity index (χ1v) is 8.79. The summed E-state index contributed by atoms with van der Waals surface area (Å²) in [6.45, 7) is 1.37. The van der Waals surface area contributed by atoms with E-state index in [9.17, 15) is 4.79 Å². The number of carbonyl (C=O) groups excluding carboxylic acids is 1. The average molecular weight is 347 g/mol. The molecule has 2 amide bonds. The van der Waals surface area contributed by atoms with Gasteiger partial charge in [0.05, 0.1) is 6.26 Å². The third kappa shape index (κ3) is 3.42. The molecular formula is C21H21N3O2. The van der Waals surface area contributed by atoms with Crippen LogP contribution < -0.4 is 15.5 Å². The predicted molar refractivity (Wildman–Crippen MR) is 102 cm³/mol. The molecule has 1 aliphatic heterocycles. The summed E-state index contributed by atoms with van der Waals surface area (Å²) in [4.78, 5) is 14.6. The number of rotatable bonds is 5. The zero-order valence-electron chi connectivity index (χ0n) is 14.4. The number of hydrogen-bond acceptors (Lipinski definition) is 3. The van der Waals surface area contributed by atoms with E-state index in [4.69, 9.17) is 4.42 Å². The second kappa shape index (κ2) is 7.35. The van der Waals surface area contributed by atoms with E-state index in [-0.39, 0.29) is 12.1 Å². The van der Waals surface area contributed by atoms with Crippen molar-refractivity contribution in [3.8, 4) is 0 Å². The highest BCUT2D eigenvalue weighted by Gasteiger charge is 2.29. The quantitative estimate of drug-likeness (QED) is 0.727. The molecule has 0 aliphatic carbocycles. The number of urea groups is 1. The Labute approximate surface area is 152 Å². The Kier molecular flexibility index (Phi) is 4.60. The first kappa shape index (κ1) is 16.3. The summed E-state index contributed by atoms with van der Waals surface area (Å²) >= 11 is 0. The molecule has 0 spiro atoms. The van der Waals surface area contributed by atoms with Crippen LogP contribution in [0.3, 0.4) is 0 Å². The number of hydrogen-bond donors (Lipinski definition) is 2. The molecule has 5 heteroatoms. The molecule has 3 aromatic rings. The Morgan fingerprint density at radius 1 is 1.04 bits per heavy atom. The minimum atomic E-state index is -0.222. The average Bonchev–Trinajstić information content (AvgIpc) is 3.34. The number of furan rings is 1.